The lowest BCUT2D eigenvalue weighted by molar-refractivity contribution is 0.0696. The van der Waals surface area contributed by atoms with E-state index >= 15 is 0 Å². The predicted octanol–water partition coefficient (Wildman–Crippen LogP) is 2.99. The van der Waals surface area contributed by atoms with Gasteiger partial charge in [-0.15, -0.1) is 0 Å². The molecule has 8 heteroatoms. The molecule has 0 fully saturated rings. The number of para-hydroxylation sites is 2. The molecule has 0 amide bonds. The first-order valence-corrected chi connectivity index (χ1v) is 9.25. The van der Waals surface area contributed by atoms with Gasteiger partial charge in [0, 0.05) is 5.69 Å². The number of carbonyl (C=O) groups is 1. The van der Waals surface area contributed by atoms with Gasteiger partial charge in [-0.25, -0.2) is 17.9 Å². The van der Waals surface area contributed by atoms with Crippen molar-refractivity contribution >= 4 is 21.7 Å². The minimum Gasteiger partial charge on any atom is -0.478 e. The summed E-state index contributed by atoms with van der Waals surface area (Å²) in [6.07, 6.45) is 0. The van der Waals surface area contributed by atoms with Crippen LogP contribution in [-0.4, -0.2) is 29.3 Å². The molecule has 134 valence electrons. The lowest BCUT2D eigenvalue weighted by Crippen LogP contribution is -2.16. The highest BCUT2D eigenvalue weighted by Crippen LogP contribution is 2.25. The van der Waals surface area contributed by atoms with E-state index in [2.05, 4.69) is 9.82 Å². The van der Waals surface area contributed by atoms with Crippen molar-refractivity contribution in [2.75, 3.05) is 4.72 Å². The topological polar surface area (TPSA) is 101 Å². The maximum atomic E-state index is 12.7. The molecule has 2 aromatic carbocycles. The maximum Gasteiger partial charge on any atom is 0.335 e. The number of nitrogens with one attached hydrogen (secondary N) is 1. The first kappa shape index (κ1) is 17.7. The number of carboxylic acids is 1. The summed E-state index contributed by atoms with van der Waals surface area (Å²) >= 11 is 0. The smallest absolute Gasteiger partial charge is 0.335 e. The number of aromatic nitrogens is 2. The fourth-order valence-electron chi connectivity index (χ4n) is 2.62. The molecule has 0 aliphatic heterocycles. The quantitative estimate of drug-likeness (QED) is 0.718. The molecular weight excluding hydrogens is 354 g/mol. The molecule has 0 bridgehead atoms. The van der Waals surface area contributed by atoms with Crippen LogP contribution >= 0.6 is 0 Å². The van der Waals surface area contributed by atoms with Gasteiger partial charge in [0.05, 0.1) is 27.5 Å². The molecule has 1 heterocycles. The number of hydrogen-bond acceptors (Lipinski definition) is 4. The van der Waals surface area contributed by atoms with Gasteiger partial charge in [0.2, 0.25) is 0 Å². The fraction of sp³-hybridized carbons (Fsp3) is 0.111. The molecule has 2 N–H and O–H groups in total. The monoisotopic (exact) mass is 371 g/mol. The van der Waals surface area contributed by atoms with Gasteiger partial charge in [0.15, 0.2) is 0 Å². The first-order valence-electron chi connectivity index (χ1n) is 7.77. The van der Waals surface area contributed by atoms with Crippen molar-refractivity contribution in [3.05, 3.63) is 71.5 Å². The van der Waals surface area contributed by atoms with Crippen molar-refractivity contribution in [1.82, 2.24) is 9.78 Å². The molecule has 3 rings (SSSR count). The fourth-order valence-corrected chi connectivity index (χ4v) is 3.74. The van der Waals surface area contributed by atoms with Gasteiger partial charge in [-0.3, -0.25) is 4.72 Å². The van der Waals surface area contributed by atoms with E-state index < -0.39 is 16.0 Å². The molecule has 26 heavy (non-hydrogen) atoms. The van der Waals surface area contributed by atoms with Crippen LogP contribution in [0.3, 0.4) is 0 Å². The van der Waals surface area contributed by atoms with Crippen LogP contribution in [-0.2, 0) is 10.0 Å². The largest absolute Gasteiger partial charge is 0.478 e. The third-order valence-electron chi connectivity index (χ3n) is 3.78. The van der Waals surface area contributed by atoms with Gasteiger partial charge < -0.3 is 5.11 Å². The highest BCUT2D eigenvalue weighted by atomic mass is 32.2. The number of benzene rings is 2. The molecule has 7 nitrogen and oxygen atoms in total. The Morgan fingerprint density at radius 3 is 2.46 bits per heavy atom. The predicted molar refractivity (Wildman–Crippen MR) is 97.2 cm³/mol. The molecule has 0 saturated heterocycles. The second kappa shape index (κ2) is 6.64. The molecule has 1 aromatic heterocycles. The minimum absolute atomic E-state index is 0.0975. The summed E-state index contributed by atoms with van der Waals surface area (Å²) < 4.78 is 29.6. The number of anilines is 1. The summed E-state index contributed by atoms with van der Waals surface area (Å²) in [6, 6.07) is 14.0. The summed E-state index contributed by atoms with van der Waals surface area (Å²) in [5, 5.41) is 13.4. The van der Waals surface area contributed by atoms with Crippen molar-refractivity contribution in [2.45, 2.75) is 18.7 Å². The van der Waals surface area contributed by atoms with Crippen molar-refractivity contribution in [3.8, 4) is 5.69 Å². The van der Waals surface area contributed by atoms with Crippen molar-refractivity contribution in [2.24, 2.45) is 0 Å². The number of nitrogens with zero attached hydrogens (tertiary/aromatic N) is 2. The van der Waals surface area contributed by atoms with Crippen molar-refractivity contribution < 1.29 is 18.3 Å². The zero-order chi connectivity index (χ0) is 18.9. The molecule has 0 spiro atoms. The number of carboxylic acid groups (broad SMARTS) is 1. The normalized spacial score (nSPS) is 11.3. The van der Waals surface area contributed by atoms with Crippen LogP contribution in [0.15, 0.2) is 59.5 Å². The van der Waals surface area contributed by atoms with Crippen LogP contribution in [0.4, 0.5) is 5.69 Å². The second-order valence-electron chi connectivity index (χ2n) is 5.79. The Kier molecular flexibility index (Phi) is 4.52. The van der Waals surface area contributed by atoms with Crippen LogP contribution in [0.25, 0.3) is 5.69 Å². The number of sulfonamides is 1. The third kappa shape index (κ3) is 3.45. The van der Waals surface area contributed by atoms with E-state index in [0.717, 1.165) is 17.5 Å². The lowest BCUT2D eigenvalue weighted by atomic mass is 10.2. The number of hydrogen-bond donors (Lipinski definition) is 2. The zero-order valence-corrected chi connectivity index (χ0v) is 15.0. The minimum atomic E-state index is -3.96. The molecule has 0 saturated carbocycles. The highest BCUT2D eigenvalue weighted by Gasteiger charge is 2.19. The molecular formula is C18H17N3O4S. The summed E-state index contributed by atoms with van der Waals surface area (Å²) in [5.74, 6) is -1.19. The number of aromatic carboxylic acids is 1. The highest BCUT2D eigenvalue weighted by molar-refractivity contribution is 7.92. The van der Waals surface area contributed by atoms with Crippen LogP contribution in [0.5, 0.6) is 0 Å². The summed E-state index contributed by atoms with van der Waals surface area (Å²) in [5.41, 5.74) is 2.51. The Labute approximate surface area is 151 Å². The Hall–Kier alpha value is -3.13. The van der Waals surface area contributed by atoms with E-state index in [-0.39, 0.29) is 10.5 Å². The lowest BCUT2D eigenvalue weighted by Gasteiger charge is -2.14. The maximum absolute atomic E-state index is 12.7. The Balaban J connectivity index is 2.03. The molecule has 0 atom stereocenters. The SMILES string of the molecule is Cc1cc(C)n(-c2ccccc2NS(=O)(=O)c2cccc(C(=O)O)c2)n1. The van der Waals surface area contributed by atoms with Crippen LogP contribution in [0.1, 0.15) is 21.7 Å². The van der Waals surface area contributed by atoms with Crippen LogP contribution in [0.2, 0.25) is 0 Å². The Bertz CT molecular complexity index is 1090. The van der Waals surface area contributed by atoms with Gasteiger partial charge in [0.1, 0.15) is 0 Å². The average molecular weight is 371 g/mol. The van der Waals surface area contributed by atoms with Gasteiger partial charge in [-0.05, 0) is 50.2 Å². The molecule has 0 aliphatic rings. The Morgan fingerprint density at radius 2 is 1.81 bits per heavy atom. The summed E-state index contributed by atoms with van der Waals surface area (Å²) in [7, 11) is -3.96. The van der Waals surface area contributed by atoms with Gasteiger partial charge in [-0.1, -0.05) is 18.2 Å². The number of rotatable bonds is 5. The molecule has 3 aromatic rings. The summed E-state index contributed by atoms with van der Waals surface area (Å²) in [6.45, 7) is 3.73. The third-order valence-corrected chi connectivity index (χ3v) is 5.14. The van der Waals surface area contributed by atoms with Crippen molar-refractivity contribution in [3.63, 3.8) is 0 Å². The summed E-state index contributed by atoms with van der Waals surface area (Å²) in [4.78, 5) is 11.0. The van der Waals surface area contributed by atoms with E-state index in [4.69, 9.17) is 5.11 Å². The van der Waals surface area contributed by atoms with E-state index in [9.17, 15) is 13.2 Å². The van der Waals surface area contributed by atoms with E-state index in [0.29, 0.717) is 11.4 Å². The van der Waals surface area contributed by atoms with Gasteiger partial charge in [0.25, 0.3) is 10.0 Å². The molecule has 0 aliphatic carbocycles. The average Bonchev–Trinajstić information content (AvgIpc) is 2.93. The van der Waals surface area contributed by atoms with Gasteiger partial charge >= 0.3 is 5.97 Å². The van der Waals surface area contributed by atoms with Crippen molar-refractivity contribution in [1.29, 1.82) is 0 Å². The van der Waals surface area contributed by atoms with E-state index in [1.165, 1.54) is 18.2 Å². The second-order valence-corrected chi connectivity index (χ2v) is 7.48. The van der Waals surface area contributed by atoms with Crippen LogP contribution < -0.4 is 4.72 Å². The Morgan fingerprint density at radius 1 is 1.08 bits per heavy atom. The molecule has 0 unspecified atom stereocenters. The van der Waals surface area contributed by atoms with E-state index in [1.54, 1.807) is 28.9 Å². The van der Waals surface area contributed by atoms with E-state index in [1.807, 2.05) is 19.9 Å². The number of aryl methyl sites for hydroxylation is 2. The molecule has 0 radical (unpaired) electrons. The standard InChI is InChI=1S/C18H17N3O4S/c1-12-10-13(2)21(19-12)17-9-4-3-8-16(17)20-26(24,25)15-7-5-6-14(11-15)18(22)23/h3-11,20H,1-2H3,(H,22,23). The van der Waals surface area contributed by atoms with Crippen LogP contribution in [0, 0.1) is 13.8 Å². The first-order chi connectivity index (χ1) is 12.3. The zero-order valence-electron chi connectivity index (χ0n) is 14.2. The van der Waals surface area contributed by atoms with Gasteiger partial charge in [-0.2, -0.15) is 5.10 Å².